The van der Waals surface area contributed by atoms with Gasteiger partial charge in [0, 0.05) is 13.1 Å². The molecule has 1 atom stereocenters. The molecule has 13 heavy (non-hydrogen) atoms. The second-order valence-corrected chi connectivity index (χ2v) is 2.41. The van der Waals surface area contributed by atoms with Crippen molar-refractivity contribution in [3.8, 4) is 0 Å². The molecule has 0 fully saturated rings. The number of carbonyl (C=O) groups excluding carboxylic acids is 1. The molecular weight excluding hydrogens is 174 g/mol. The van der Waals surface area contributed by atoms with Gasteiger partial charge < -0.3 is 10.5 Å². The topological polar surface area (TPSA) is 89.7 Å². The Labute approximate surface area is 74.3 Å². The summed E-state index contributed by atoms with van der Waals surface area (Å²) >= 11 is 0. The number of hydrogen-bond donors (Lipinski definition) is 3. The summed E-state index contributed by atoms with van der Waals surface area (Å²) in [5.74, 6) is -0.311. The first-order chi connectivity index (χ1) is 6.11. The van der Waals surface area contributed by atoms with E-state index in [4.69, 9.17) is 5.21 Å². The Balaban J connectivity index is 2.97. The second kappa shape index (κ2) is 3.94. The minimum absolute atomic E-state index is 0.0160. The summed E-state index contributed by atoms with van der Waals surface area (Å²) in [6, 6.07) is 1.44. The molecule has 3 N–H and O–H groups in total. The zero-order valence-corrected chi connectivity index (χ0v) is 6.94. The number of pyridine rings is 1. The van der Waals surface area contributed by atoms with Gasteiger partial charge in [0.25, 0.3) is 0 Å². The first kappa shape index (κ1) is 9.59. The van der Waals surface area contributed by atoms with Crippen LogP contribution in [-0.4, -0.2) is 16.1 Å². The molecule has 0 saturated carbocycles. The predicted molar refractivity (Wildman–Crippen MR) is 44.3 cm³/mol. The Bertz CT molecular complexity index is 314. The summed E-state index contributed by atoms with van der Waals surface area (Å²) in [4.78, 5) is 14.3. The van der Waals surface area contributed by atoms with Crippen molar-refractivity contribution < 1.29 is 15.2 Å². The van der Waals surface area contributed by atoms with Gasteiger partial charge in [0.2, 0.25) is 11.6 Å². The lowest BCUT2D eigenvalue weighted by Gasteiger charge is -2.14. The molecule has 1 rings (SSSR count). The van der Waals surface area contributed by atoms with Crippen molar-refractivity contribution in [3.63, 3.8) is 0 Å². The molecule has 6 heteroatoms. The van der Waals surface area contributed by atoms with Gasteiger partial charge in [-0.25, -0.2) is 5.21 Å². The fraction of sp³-hybridized carbons (Fsp3) is 0.143. The van der Waals surface area contributed by atoms with Crippen LogP contribution in [0.25, 0.3) is 0 Å². The van der Waals surface area contributed by atoms with Crippen LogP contribution in [0, 0.1) is 5.21 Å². The van der Waals surface area contributed by atoms with E-state index in [1.807, 2.05) is 0 Å². The molecule has 6 nitrogen and oxygen atoms in total. The highest BCUT2D eigenvalue weighted by molar-refractivity contribution is 5.90. The van der Waals surface area contributed by atoms with Gasteiger partial charge in [-0.05, 0) is 6.07 Å². The fourth-order valence-corrected chi connectivity index (χ4v) is 0.864. The SMILES string of the molecule is CC(=O)Nc1ccncc1[NH+]([O-])O. The highest BCUT2D eigenvalue weighted by Gasteiger charge is 2.08. The van der Waals surface area contributed by atoms with E-state index >= 15 is 0 Å². The van der Waals surface area contributed by atoms with Gasteiger partial charge in [0.05, 0.1) is 6.20 Å². The molecule has 0 saturated heterocycles. The maximum atomic E-state index is 10.7. The van der Waals surface area contributed by atoms with Crippen molar-refractivity contribution in [1.29, 1.82) is 0 Å². The van der Waals surface area contributed by atoms with Crippen LogP contribution in [0.2, 0.25) is 0 Å². The Morgan fingerprint density at radius 1 is 1.77 bits per heavy atom. The zero-order valence-electron chi connectivity index (χ0n) is 6.94. The third-order valence-electron chi connectivity index (χ3n) is 1.36. The van der Waals surface area contributed by atoms with Crippen LogP contribution < -0.4 is 10.5 Å². The molecule has 1 aromatic heterocycles. The summed E-state index contributed by atoms with van der Waals surface area (Å²) in [5.41, 5.74) is 0.243. The first-order valence-electron chi connectivity index (χ1n) is 3.56. The molecule has 0 spiro atoms. The number of nitrogens with zero attached hydrogens (tertiary/aromatic N) is 1. The van der Waals surface area contributed by atoms with E-state index in [-0.39, 0.29) is 17.3 Å². The van der Waals surface area contributed by atoms with Crippen LogP contribution in [0.1, 0.15) is 6.92 Å². The van der Waals surface area contributed by atoms with Gasteiger partial charge in [0.1, 0.15) is 5.69 Å². The number of hydrogen-bond acceptors (Lipinski definition) is 4. The summed E-state index contributed by atoms with van der Waals surface area (Å²) in [6.45, 7) is 1.31. The van der Waals surface area contributed by atoms with Gasteiger partial charge in [-0.3, -0.25) is 9.78 Å². The molecular formula is C7H9N3O3. The van der Waals surface area contributed by atoms with Crippen molar-refractivity contribution in [3.05, 3.63) is 23.7 Å². The van der Waals surface area contributed by atoms with E-state index in [2.05, 4.69) is 10.3 Å². The summed E-state index contributed by atoms with van der Waals surface area (Å²) in [6.07, 6.45) is 2.60. The monoisotopic (exact) mass is 183 g/mol. The first-order valence-corrected chi connectivity index (χ1v) is 3.56. The third kappa shape index (κ3) is 2.48. The quantitative estimate of drug-likeness (QED) is 0.536. The lowest BCUT2D eigenvalue weighted by atomic mass is 10.3. The van der Waals surface area contributed by atoms with Gasteiger partial charge in [-0.2, -0.15) is 5.23 Å². The molecule has 1 heterocycles. The Morgan fingerprint density at radius 3 is 3.00 bits per heavy atom. The average Bonchev–Trinajstić information content (AvgIpc) is 2.03. The standard InChI is InChI=1S/C7H9N3O3/c1-5(11)9-6-2-3-8-4-7(6)10(12)13/h2-4,10,12H,1H3,(H,8,9,11). The van der Waals surface area contributed by atoms with Crippen LogP contribution >= 0.6 is 0 Å². The van der Waals surface area contributed by atoms with Gasteiger partial charge in [-0.15, -0.1) is 0 Å². The van der Waals surface area contributed by atoms with Crippen LogP contribution in [0.3, 0.4) is 0 Å². The van der Waals surface area contributed by atoms with E-state index in [1.54, 1.807) is 0 Å². The molecule has 0 bridgehead atoms. The number of anilines is 1. The molecule has 0 radical (unpaired) electrons. The molecule has 1 amide bonds. The largest absolute Gasteiger partial charge is 0.595 e. The van der Waals surface area contributed by atoms with Crippen molar-refractivity contribution in [2.75, 3.05) is 5.32 Å². The van der Waals surface area contributed by atoms with Crippen molar-refractivity contribution in [2.45, 2.75) is 6.92 Å². The van der Waals surface area contributed by atoms with Crippen molar-refractivity contribution in [1.82, 2.24) is 4.98 Å². The highest BCUT2D eigenvalue weighted by atomic mass is 16.8. The lowest BCUT2D eigenvalue weighted by Crippen LogP contribution is -2.99. The molecule has 0 aromatic carbocycles. The number of quaternary nitrogens is 1. The Hall–Kier alpha value is -1.50. The molecule has 0 aliphatic rings. The van der Waals surface area contributed by atoms with E-state index < -0.39 is 5.23 Å². The number of aromatic nitrogens is 1. The van der Waals surface area contributed by atoms with Crippen molar-refractivity contribution in [2.24, 2.45) is 0 Å². The number of nitrogens with one attached hydrogen (secondary N) is 2. The number of rotatable bonds is 2. The fourth-order valence-electron chi connectivity index (χ4n) is 0.864. The number of carbonyl (C=O) groups is 1. The van der Waals surface area contributed by atoms with E-state index in [0.717, 1.165) is 0 Å². The van der Waals surface area contributed by atoms with Crippen LogP contribution in [0.5, 0.6) is 0 Å². The molecule has 1 aromatic rings. The Kier molecular flexibility index (Phi) is 2.91. The molecule has 1 unspecified atom stereocenters. The van der Waals surface area contributed by atoms with Crippen LogP contribution in [0.4, 0.5) is 11.4 Å². The van der Waals surface area contributed by atoms with E-state index in [1.165, 1.54) is 25.4 Å². The minimum Gasteiger partial charge on any atom is -0.595 e. The summed E-state index contributed by atoms with van der Waals surface area (Å²) in [5, 5.41) is 20.6. The van der Waals surface area contributed by atoms with Gasteiger partial charge in [0.15, 0.2) is 0 Å². The molecule has 70 valence electrons. The van der Waals surface area contributed by atoms with Crippen LogP contribution in [0.15, 0.2) is 18.5 Å². The second-order valence-electron chi connectivity index (χ2n) is 2.41. The van der Waals surface area contributed by atoms with Crippen molar-refractivity contribution >= 4 is 17.3 Å². The smallest absolute Gasteiger partial charge is 0.221 e. The molecule has 0 aliphatic heterocycles. The zero-order chi connectivity index (χ0) is 9.84. The maximum Gasteiger partial charge on any atom is 0.221 e. The van der Waals surface area contributed by atoms with E-state index in [0.29, 0.717) is 0 Å². The van der Waals surface area contributed by atoms with Gasteiger partial charge >= 0.3 is 0 Å². The third-order valence-corrected chi connectivity index (χ3v) is 1.36. The average molecular weight is 183 g/mol. The number of amides is 1. The summed E-state index contributed by atoms with van der Waals surface area (Å²) in [7, 11) is 0. The van der Waals surface area contributed by atoms with Gasteiger partial charge in [-0.1, -0.05) is 0 Å². The highest BCUT2D eigenvalue weighted by Crippen LogP contribution is 2.14. The Morgan fingerprint density at radius 2 is 2.46 bits per heavy atom. The maximum absolute atomic E-state index is 10.7. The summed E-state index contributed by atoms with van der Waals surface area (Å²) < 4.78 is 0. The van der Waals surface area contributed by atoms with E-state index in [9.17, 15) is 10.0 Å². The normalized spacial score (nSPS) is 12.2. The predicted octanol–water partition coefficient (Wildman–Crippen LogP) is -0.557. The van der Waals surface area contributed by atoms with Crippen LogP contribution in [-0.2, 0) is 4.79 Å². The minimum atomic E-state index is -1.11. The molecule has 0 aliphatic carbocycles. The lowest BCUT2D eigenvalue weighted by molar-refractivity contribution is -0.991.